The molecule has 1 saturated heterocycles. The monoisotopic (exact) mass is 268 g/mol. The van der Waals surface area contributed by atoms with Crippen LogP contribution in [0.4, 0.5) is 0 Å². The Kier molecular flexibility index (Phi) is 4.33. The minimum absolute atomic E-state index is 0.601. The Bertz CT molecular complexity index is 373. The SMILES string of the molecule is CC(C)N1CCN(S(C)(O)c2ccccc2)CC1. The molecule has 0 radical (unpaired) electrons. The van der Waals surface area contributed by atoms with Crippen molar-refractivity contribution in [2.75, 3.05) is 32.4 Å². The lowest BCUT2D eigenvalue weighted by Gasteiger charge is -2.46. The van der Waals surface area contributed by atoms with Gasteiger partial charge in [-0.15, -0.1) is 0 Å². The van der Waals surface area contributed by atoms with Gasteiger partial charge in [0.05, 0.1) is 0 Å². The van der Waals surface area contributed by atoms with E-state index >= 15 is 0 Å². The largest absolute Gasteiger partial charge is 0.334 e. The van der Waals surface area contributed by atoms with Crippen LogP contribution in [-0.2, 0) is 0 Å². The number of hydrogen-bond donors (Lipinski definition) is 1. The van der Waals surface area contributed by atoms with Crippen LogP contribution < -0.4 is 0 Å². The smallest absolute Gasteiger partial charge is 0.0258 e. The number of piperazine rings is 1. The Morgan fingerprint density at radius 2 is 1.61 bits per heavy atom. The van der Waals surface area contributed by atoms with Gasteiger partial charge in [-0.05, 0) is 26.0 Å². The summed E-state index contributed by atoms with van der Waals surface area (Å²) in [7, 11) is -1.80. The van der Waals surface area contributed by atoms with Gasteiger partial charge in [0.15, 0.2) is 0 Å². The van der Waals surface area contributed by atoms with E-state index in [1.165, 1.54) is 0 Å². The maximum atomic E-state index is 10.8. The summed E-state index contributed by atoms with van der Waals surface area (Å²) in [6, 6.07) is 10.7. The van der Waals surface area contributed by atoms with E-state index in [9.17, 15) is 4.55 Å². The zero-order valence-corrected chi connectivity index (χ0v) is 12.4. The molecule has 1 unspecified atom stereocenters. The first-order chi connectivity index (χ1) is 8.51. The van der Waals surface area contributed by atoms with E-state index in [0.717, 1.165) is 31.1 Å². The maximum Gasteiger partial charge on any atom is 0.0258 e. The Morgan fingerprint density at radius 1 is 1.06 bits per heavy atom. The molecule has 1 heterocycles. The van der Waals surface area contributed by atoms with Gasteiger partial charge in [0, 0.05) is 43.4 Å². The molecule has 1 fully saturated rings. The Morgan fingerprint density at radius 3 is 2.11 bits per heavy atom. The van der Waals surface area contributed by atoms with Crippen molar-refractivity contribution in [3.05, 3.63) is 30.3 Å². The van der Waals surface area contributed by atoms with Crippen molar-refractivity contribution in [3.63, 3.8) is 0 Å². The standard InChI is InChI=1S/C14H24N2OS/c1-13(2)15-9-11-16(12-10-15)18(3,17)14-7-5-4-6-8-14/h4-8,13,17H,9-12H2,1-3H3. The molecule has 0 spiro atoms. The molecule has 1 aromatic carbocycles. The van der Waals surface area contributed by atoms with Crippen molar-refractivity contribution in [2.45, 2.75) is 24.8 Å². The highest BCUT2D eigenvalue weighted by atomic mass is 32.3. The number of benzene rings is 1. The molecule has 2 rings (SSSR count). The fraction of sp³-hybridized carbons (Fsp3) is 0.571. The molecule has 18 heavy (non-hydrogen) atoms. The van der Waals surface area contributed by atoms with Gasteiger partial charge < -0.3 is 4.55 Å². The fourth-order valence-corrected chi connectivity index (χ4v) is 4.25. The third kappa shape index (κ3) is 2.88. The van der Waals surface area contributed by atoms with Crippen LogP contribution in [0, 0.1) is 0 Å². The van der Waals surface area contributed by atoms with E-state index in [1.807, 2.05) is 36.6 Å². The number of rotatable bonds is 3. The molecule has 0 aliphatic carbocycles. The molecule has 1 aromatic rings. The van der Waals surface area contributed by atoms with Gasteiger partial charge in [0.25, 0.3) is 0 Å². The van der Waals surface area contributed by atoms with Gasteiger partial charge >= 0.3 is 0 Å². The average Bonchev–Trinajstić information content (AvgIpc) is 2.40. The first-order valence-corrected chi connectivity index (χ1v) is 8.52. The first kappa shape index (κ1) is 13.9. The van der Waals surface area contributed by atoms with E-state index in [-0.39, 0.29) is 0 Å². The zero-order chi connectivity index (χ0) is 13.2. The highest BCUT2D eigenvalue weighted by Gasteiger charge is 2.29. The molecule has 0 bridgehead atoms. The summed E-state index contributed by atoms with van der Waals surface area (Å²) in [6.07, 6.45) is 1.98. The van der Waals surface area contributed by atoms with Crippen LogP contribution in [0.1, 0.15) is 13.8 Å². The topological polar surface area (TPSA) is 26.7 Å². The van der Waals surface area contributed by atoms with Gasteiger partial charge in [-0.2, -0.15) is 0 Å². The first-order valence-electron chi connectivity index (χ1n) is 6.57. The number of hydrogen-bond acceptors (Lipinski definition) is 3. The third-order valence-electron chi connectivity index (χ3n) is 3.70. The molecule has 1 N–H and O–H groups in total. The molecular weight excluding hydrogens is 244 g/mol. The van der Waals surface area contributed by atoms with Crippen molar-refractivity contribution < 1.29 is 4.55 Å². The summed E-state index contributed by atoms with van der Waals surface area (Å²) < 4.78 is 13.1. The molecular formula is C14H24N2OS. The van der Waals surface area contributed by atoms with Gasteiger partial charge in [0.1, 0.15) is 0 Å². The molecule has 1 aliphatic heterocycles. The molecule has 0 amide bonds. The third-order valence-corrected chi connectivity index (χ3v) is 6.23. The van der Waals surface area contributed by atoms with Crippen molar-refractivity contribution in [2.24, 2.45) is 0 Å². The Hall–Kier alpha value is -0.550. The second-order valence-corrected chi connectivity index (χ2v) is 7.86. The van der Waals surface area contributed by atoms with E-state index < -0.39 is 10.5 Å². The van der Waals surface area contributed by atoms with E-state index in [4.69, 9.17) is 0 Å². The zero-order valence-electron chi connectivity index (χ0n) is 11.5. The molecule has 0 saturated carbocycles. The molecule has 102 valence electrons. The lowest BCUT2D eigenvalue weighted by Crippen LogP contribution is -2.49. The predicted molar refractivity (Wildman–Crippen MR) is 79.1 cm³/mol. The van der Waals surface area contributed by atoms with Crippen LogP contribution >= 0.6 is 10.5 Å². The minimum Gasteiger partial charge on any atom is -0.334 e. The molecule has 3 nitrogen and oxygen atoms in total. The van der Waals surface area contributed by atoms with Crippen molar-refractivity contribution in [3.8, 4) is 0 Å². The normalized spacial score (nSPS) is 23.8. The Labute approximate surface area is 112 Å². The van der Waals surface area contributed by atoms with Gasteiger partial charge in [0.2, 0.25) is 0 Å². The molecule has 1 atom stereocenters. The maximum absolute atomic E-state index is 10.8. The molecule has 1 aliphatic rings. The lowest BCUT2D eigenvalue weighted by molar-refractivity contribution is 0.154. The summed E-state index contributed by atoms with van der Waals surface area (Å²) in [5, 5.41) is 0. The van der Waals surface area contributed by atoms with Crippen molar-refractivity contribution in [1.82, 2.24) is 9.21 Å². The van der Waals surface area contributed by atoms with Crippen molar-refractivity contribution >= 4 is 10.5 Å². The second-order valence-electron chi connectivity index (χ2n) is 5.21. The van der Waals surface area contributed by atoms with E-state index in [2.05, 4.69) is 23.1 Å². The van der Waals surface area contributed by atoms with Gasteiger partial charge in [-0.25, -0.2) is 4.31 Å². The molecule has 4 heteroatoms. The summed E-state index contributed by atoms with van der Waals surface area (Å²) in [6.45, 7) is 8.47. The van der Waals surface area contributed by atoms with Gasteiger partial charge in [-0.1, -0.05) is 28.7 Å². The van der Waals surface area contributed by atoms with Crippen LogP contribution in [0.5, 0.6) is 0 Å². The van der Waals surface area contributed by atoms with Crippen LogP contribution in [0.25, 0.3) is 0 Å². The highest BCUT2D eigenvalue weighted by molar-refractivity contribution is 8.26. The predicted octanol–water partition coefficient (Wildman–Crippen LogP) is 2.89. The Balaban J connectivity index is 2.05. The average molecular weight is 268 g/mol. The summed E-state index contributed by atoms with van der Waals surface area (Å²) in [4.78, 5) is 3.53. The van der Waals surface area contributed by atoms with E-state index in [1.54, 1.807) is 0 Å². The van der Waals surface area contributed by atoms with E-state index in [0.29, 0.717) is 6.04 Å². The minimum atomic E-state index is -1.80. The number of nitrogens with zero attached hydrogens (tertiary/aromatic N) is 2. The fourth-order valence-electron chi connectivity index (χ4n) is 2.40. The van der Waals surface area contributed by atoms with Crippen LogP contribution in [0.2, 0.25) is 0 Å². The van der Waals surface area contributed by atoms with Crippen LogP contribution in [-0.4, -0.2) is 52.2 Å². The quantitative estimate of drug-likeness (QED) is 0.913. The van der Waals surface area contributed by atoms with Crippen LogP contribution in [0.15, 0.2) is 35.2 Å². The summed E-state index contributed by atoms with van der Waals surface area (Å²) in [5.74, 6) is 0. The highest BCUT2D eigenvalue weighted by Crippen LogP contribution is 2.51. The van der Waals surface area contributed by atoms with Crippen LogP contribution in [0.3, 0.4) is 0 Å². The molecule has 0 aromatic heterocycles. The summed E-state index contributed by atoms with van der Waals surface area (Å²) >= 11 is 0. The lowest BCUT2D eigenvalue weighted by atomic mass is 10.3. The van der Waals surface area contributed by atoms with Gasteiger partial charge in [-0.3, -0.25) is 4.90 Å². The summed E-state index contributed by atoms with van der Waals surface area (Å²) in [5.41, 5.74) is 0. The van der Waals surface area contributed by atoms with Crippen molar-refractivity contribution in [1.29, 1.82) is 0 Å². The second kappa shape index (κ2) is 5.61.